The summed E-state index contributed by atoms with van der Waals surface area (Å²) in [7, 11) is 0. The molecule has 0 bridgehead atoms. The average molecular weight is 1090 g/mol. The summed E-state index contributed by atoms with van der Waals surface area (Å²) in [4.78, 5) is 36.5. The fourth-order valence-electron chi connectivity index (χ4n) is 9.32. The van der Waals surface area contributed by atoms with Gasteiger partial charge in [-0.1, -0.05) is 45.6 Å². The predicted octanol–water partition coefficient (Wildman–Crippen LogP) is 13.2. The number of fused-ring (bicyclic) bond motifs is 2. The van der Waals surface area contributed by atoms with Crippen LogP contribution in [0.1, 0.15) is 70.8 Å². The first-order chi connectivity index (χ1) is 36.8. The molecule has 0 N–H and O–H groups in total. The first-order valence-electron chi connectivity index (χ1n) is 25.5. The molecule has 10 rings (SSSR count). The van der Waals surface area contributed by atoms with Crippen LogP contribution >= 0.6 is 34.8 Å². The van der Waals surface area contributed by atoms with Crippen LogP contribution in [0.2, 0.25) is 10.0 Å². The van der Waals surface area contributed by atoms with Crippen molar-refractivity contribution in [1.29, 1.82) is 0 Å². The quantitative estimate of drug-likeness (QED) is 0.0493. The van der Waals surface area contributed by atoms with Gasteiger partial charge in [-0.2, -0.15) is 0 Å². The number of rotatable bonds is 21. The smallest absolute Gasteiger partial charge is 0.143 e. The van der Waals surface area contributed by atoms with E-state index in [1.807, 2.05) is 50.2 Å². The zero-order chi connectivity index (χ0) is 53.2. The van der Waals surface area contributed by atoms with Gasteiger partial charge in [0.05, 0.1) is 61.7 Å². The summed E-state index contributed by atoms with van der Waals surface area (Å²) >= 11 is 18.7. The van der Waals surface area contributed by atoms with Gasteiger partial charge in [0.25, 0.3) is 0 Å². The van der Waals surface area contributed by atoms with E-state index in [2.05, 4.69) is 31.2 Å². The molecule has 0 atom stereocenters. The standard InChI is InChI=1S/C33H36ClN3O5.C26H24Cl2N2O4/c1-22-14-28-30(19-32(22)40-13-3-10-37-11-7-33(8-12-37)20-39-21-33)35-9-6-31(28)41-27-5-4-24(29(34)18-27)16-26(38)17-25-15-23(2)42-36-25;1-16-10-22-24(15-26(16)32-9-3-7-27)29-8-6-25(22)33-21-5-4-18(23(28)14-21)12-20(31)13-19-11-17(2)34-30-19/h4-6,9,14-15,18-19H,3,7-8,10-13,16-17,20-21H2,1-2H3;4-6,8,10-11,14-15H,3,7,9,12-13H2,1-2H3. The molecular weight excluding hydrogens is 1030 g/mol. The van der Waals surface area contributed by atoms with E-state index in [4.69, 9.17) is 67.5 Å². The van der Waals surface area contributed by atoms with Crippen LogP contribution in [0.3, 0.4) is 0 Å². The van der Waals surface area contributed by atoms with E-state index in [1.54, 1.807) is 68.7 Å². The Kier molecular flexibility index (Phi) is 17.9. The number of aromatic nitrogens is 4. The molecular formula is C59H60Cl3N5O9. The lowest BCUT2D eigenvalue weighted by Crippen LogP contribution is -2.51. The molecule has 0 aliphatic carbocycles. The summed E-state index contributed by atoms with van der Waals surface area (Å²) < 4.78 is 39.9. The Hall–Kier alpha value is -6.55. The zero-order valence-electron chi connectivity index (χ0n) is 43.1. The van der Waals surface area contributed by atoms with Gasteiger partial charge in [0.2, 0.25) is 0 Å². The normalized spacial score (nSPS) is 14.0. The topological polar surface area (TPSA) is 161 Å². The molecule has 2 aliphatic heterocycles. The third-order valence-corrected chi connectivity index (χ3v) is 14.5. The third-order valence-electron chi connectivity index (χ3n) is 13.5. The van der Waals surface area contributed by atoms with Crippen molar-refractivity contribution in [2.24, 2.45) is 5.41 Å². The molecule has 0 amide bonds. The molecule has 4 aromatic carbocycles. The van der Waals surface area contributed by atoms with E-state index in [0.29, 0.717) is 80.5 Å². The number of ketones is 2. The number of hydrogen-bond acceptors (Lipinski definition) is 14. The number of pyridine rings is 2. The lowest BCUT2D eigenvalue weighted by atomic mass is 9.77. The highest BCUT2D eigenvalue weighted by Crippen LogP contribution is 2.39. The number of Topliss-reactive ketones (excluding diaryl/α,β-unsaturated/α-hetero) is 2. The van der Waals surface area contributed by atoms with Crippen molar-refractivity contribution in [3.63, 3.8) is 0 Å². The molecule has 4 aromatic heterocycles. The van der Waals surface area contributed by atoms with Crippen molar-refractivity contribution in [2.45, 2.75) is 79.1 Å². The molecule has 17 heteroatoms. The van der Waals surface area contributed by atoms with Crippen LogP contribution in [-0.4, -0.2) is 88.7 Å². The molecule has 2 fully saturated rings. The summed E-state index contributed by atoms with van der Waals surface area (Å²) in [6, 6.07) is 25.8. The highest BCUT2D eigenvalue weighted by molar-refractivity contribution is 6.32. The molecule has 8 aromatic rings. The molecule has 0 radical (unpaired) electrons. The SMILES string of the molecule is Cc1cc(CC(=O)Cc2ccc(Oc3ccnc4cc(OCCCCl)c(C)cc34)cc2Cl)no1.Cc1cc(CC(=O)Cc2ccc(Oc3ccnc4cc(OCCCN5CCC6(CC5)COC6)c(C)cc34)cc2Cl)no1. The second kappa shape index (κ2) is 25.1. The summed E-state index contributed by atoms with van der Waals surface area (Å²) in [5.74, 6) is 6.03. The van der Waals surface area contributed by atoms with Gasteiger partial charge >= 0.3 is 0 Å². The van der Waals surface area contributed by atoms with Crippen LogP contribution in [0.15, 0.2) is 106 Å². The number of carbonyl (C=O) groups is 2. The minimum atomic E-state index is 0.00328. The van der Waals surface area contributed by atoms with E-state index < -0.39 is 0 Å². The molecule has 0 unspecified atom stereocenters. The molecule has 396 valence electrons. The van der Waals surface area contributed by atoms with Gasteiger partial charge in [-0.25, -0.2) is 0 Å². The van der Waals surface area contributed by atoms with Crippen LogP contribution in [0.5, 0.6) is 34.5 Å². The van der Waals surface area contributed by atoms with E-state index in [9.17, 15) is 9.59 Å². The Bertz CT molecular complexity index is 3330. The number of hydrogen-bond donors (Lipinski definition) is 0. The monoisotopic (exact) mass is 1090 g/mol. The minimum Gasteiger partial charge on any atom is -0.493 e. The van der Waals surface area contributed by atoms with Crippen LogP contribution < -0.4 is 18.9 Å². The number of aryl methyl sites for hydroxylation is 4. The minimum absolute atomic E-state index is 0.00328. The van der Waals surface area contributed by atoms with Crippen molar-refractivity contribution < 1.29 is 42.3 Å². The van der Waals surface area contributed by atoms with E-state index in [1.165, 1.54) is 12.8 Å². The summed E-state index contributed by atoms with van der Waals surface area (Å²) in [6.07, 6.45) is 8.48. The first kappa shape index (κ1) is 54.2. The number of likely N-dealkylation sites (tertiary alicyclic amines) is 1. The number of alkyl halides is 1. The largest absolute Gasteiger partial charge is 0.493 e. The Morgan fingerprint density at radius 3 is 1.51 bits per heavy atom. The molecule has 76 heavy (non-hydrogen) atoms. The van der Waals surface area contributed by atoms with Gasteiger partial charge in [0.15, 0.2) is 0 Å². The van der Waals surface area contributed by atoms with Gasteiger partial charge in [0, 0.05) is 88.2 Å². The maximum atomic E-state index is 12.5. The summed E-state index contributed by atoms with van der Waals surface area (Å²) in [5.41, 5.74) is 6.75. The van der Waals surface area contributed by atoms with Gasteiger partial charge < -0.3 is 37.6 Å². The lowest BCUT2D eigenvalue weighted by Gasteiger charge is -2.47. The summed E-state index contributed by atoms with van der Waals surface area (Å²) in [6.45, 7) is 14.1. The van der Waals surface area contributed by atoms with Gasteiger partial charge in [-0.15, -0.1) is 11.6 Å². The van der Waals surface area contributed by atoms with E-state index in [-0.39, 0.29) is 37.2 Å². The van der Waals surface area contributed by atoms with Crippen LogP contribution in [-0.2, 0) is 40.0 Å². The Balaban J connectivity index is 0.000000190. The molecule has 2 aliphatic rings. The molecule has 2 saturated heterocycles. The Morgan fingerprint density at radius 2 is 1.09 bits per heavy atom. The molecule has 0 saturated carbocycles. The highest BCUT2D eigenvalue weighted by Gasteiger charge is 2.40. The van der Waals surface area contributed by atoms with Gasteiger partial charge in [-0.3, -0.25) is 19.6 Å². The van der Waals surface area contributed by atoms with E-state index >= 15 is 0 Å². The highest BCUT2D eigenvalue weighted by atomic mass is 35.5. The summed E-state index contributed by atoms with van der Waals surface area (Å²) in [5, 5.41) is 10.5. The lowest BCUT2D eigenvalue weighted by molar-refractivity contribution is -0.139. The maximum Gasteiger partial charge on any atom is 0.143 e. The van der Waals surface area contributed by atoms with Gasteiger partial charge in [-0.05, 0) is 137 Å². The number of nitrogens with zero attached hydrogens (tertiary/aromatic N) is 5. The average Bonchev–Trinajstić information content (AvgIpc) is 4.02. The zero-order valence-corrected chi connectivity index (χ0v) is 45.4. The molecule has 1 spiro atoms. The van der Waals surface area contributed by atoms with Crippen LogP contribution in [0, 0.1) is 33.1 Å². The number of benzene rings is 4. The molecule has 6 heterocycles. The van der Waals surface area contributed by atoms with Crippen molar-refractivity contribution >= 4 is 68.2 Å². The Morgan fingerprint density at radius 1 is 0.605 bits per heavy atom. The van der Waals surface area contributed by atoms with Crippen LogP contribution in [0.25, 0.3) is 21.8 Å². The second-order valence-electron chi connectivity index (χ2n) is 19.7. The number of piperidine rings is 1. The second-order valence-corrected chi connectivity index (χ2v) is 20.9. The molecule has 14 nitrogen and oxygen atoms in total. The Labute approximate surface area is 456 Å². The van der Waals surface area contributed by atoms with Crippen molar-refractivity contribution in [2.75, 3.05) is 51.9 Å². The predicted molar refractivity (Wildman–Crippen MR) is 293 cm³/mol. The fraction of sp³-hybridized carbons (Fsp3) is 0.356. The van der Waals surface area contributed by atoms with Crippen molar-refractivity contribution in [3.8, 4) is 34.5 Å². The third kappa shape index (κ3) is 14.1. The fourth-order valence-corrected chi connectivity index (χ4v) is 9.90. The van der Waals surface area contributed by atoms with E-state index in [0.717, 1.165) is 101 Å². The number of carbonyl (C=O) groups excluding carboxylic acids is 2. The van der Waals surface area contributed by atoms with Crippen molar-refractivity contribution in [1.82, 2.24) is 25.2 Å². The number of halogens is 3. The maximum absolute atomic E-state index is 12.5. The number of ether oxygens (including phenoxy) is 5. The first-order valence-corrected chi connectivity index (χ1v) is 26.8. The van der Waals surface area contributed by atoms with Gasteiger partial charge in [0.1, 0.15) is 57.6 Å². The van der Waals surface area contributed by atoms with Crippen LogP contribution in [0.4, 0.5) is 0 Å². The van der Waals surface area contributed by atoms with Crippen molar-refractivity contribution in [3.05, 3.63) is 153 Å².